The fourth-order valence-electron chi connectivity index (χ4n) is 5.15. The van der Waals surface area contributed by atoms with Crippen LogP contribution in [0.1, 0.15) is 38.2 Å². The molecule has 1 unspecified atom stereocenters. The number of carbonyl (C=O) groups excluding carboxylic acids is 1. The molecule has 0 aromatic heterocycles. The lowest BCUT2D eigenvalue weighted by molar-refractivity contribution is 0.0224. The van der Waals surface area contributed by atoms with Gasteiger partial charge in [0.1, 0.15) is 29.3 Å². The second-order valence-corrected chi connectivity index (χ2v) is 9.43. The first-order chi connectivity index (χ1) is 20.5. The van der Waals surface area contributed by atoms with Gasteiger partial charge in [-0.25, -0.2) is 4.79 Å². The van der Waals surface area contributed by atoms with E-state index in [1.54, 1.807) is 6.07 Å². The number of fused-ring (bicyclic) bond motifs is 6. The molecule has 0 saturated heterocycles. The Morgan fingerprint density at radius 1 is 0.976 bits per heavy atom. The van der Waals surface area contributed by atoms with Crippen molar-refractivity contribution in [2.45, 2.75) is 12.5 Å². The number of carbonyl (C=O) groups is 1. The van der Waals surface area contributed by atoms with Crippen LogP contribution in [0.15, 0.2) is 137 Å². The molecular weight excluding hydrogens is 520 g/mol. The van der Waals surface area contributed by atoms with Crippen LogP contribution >= 0.6 is 0 Å². The molecule has 42 heavy (non-hydrogen) atoms. The molecule has 2 heterocycles. The Morgan fingerprint density at radius 3 is 2.62 bits per heavy atom. The van der Waals surface area contributed by atoms with E-state index in [1.807, 2.05) is 79.8 Å². The van der Waals surface area contributed by atoms with Gasteiger partial charge in [0.2, 0.25) is 0 Å². The smallest absolute Gasteiger partial charge is 0.340 e. The first-order valence-corrected chi connectivity index (χ1v) is 13.0. The zero-order chi connectivity index (χ0) is 29.1. The van der Waals surface area contributed by atoms with Gasteiger partial charge >= 0.3 is 5.97 Å². The highest BCUT2D eigenvalue weighted by molar-refractivity contribution is 5.97. The highest BCUT2D eigenvalue weighted by atomic mass is 16.6. The highest BCUT2D eigenvalue weighted by Gasteiger charge is 2.53. The SMILES string of the molecule is C=C=C=C=C=NC(=C=C=C=C)c1ccc2c(c1)Oc1cc(C)c(NC3=CC=[C+]C=C3)cc1C21OC(=O)c2ccccc21. The van der Waals surface area contributed by atoms with Crippen LogP contribution < -0.4 is 10.1 Å². The van der Waals surface area contributed by atoms with Gasteiger partial charge in [-0.2, -0.15) is 4.99 Å². The number of rotatable bonds is 4. The monoisotopic (exact) mass is 541 g/mol. The summed E-state index contributed by atoms with van der Waals surface area (Å²) in [4.78, 5) is 17.6. The summed E-state index contributed by atoms with van der Waals surface area (Å²) in [5.74, 6) is 3.32. The van der Waals surface area contributed by atoms with E-state index < -0.39 is 11.6 Å². The number of esters is 1. The molecule has 1 atom stereocenters. The molecule has 3 aromatic carbocycles. The van der Waals surface area contributed by atoms with E-state index >= 15 is 0 Å². The molecule has 3 aliphatic rings. The normalized spacial score (nSPS) is 16.0. The molecule has 0 fully saturated rings. The first kappa shape index (κ1) is 26.0. The van der Waals surface area contributed by atoms with Gasteiger partial charge in [-0.1, -0.05) is 35.7 Å². The summed E-state index contributed by atoms with van der Waals surface area (Å²) in [6.07, 6.45) is 10.6. The van der Waals surface area contributed by atoms with Crippen molar-refractivity contribution in [3.63, 3.8) is 0 Å². The summed E-state index contributed by atoms with van der Waals surface area (Å²) in [7, 11) is 0. The van der Waals surface area contributed by atoms with E-state index in [4.69, 9.17) is 9.47 Å². The van der Waals surface area contributed by atoms with E-state index in [9.17, 15) is 4.79 Å². The topological polar surface area (TPSA) is 59.9 Å². The first-order valence-electron chi connectivity index (χ1n) is 13.0. The summed E-state index contributed by atoms with van der Waals surface area (Å²) in [5, 5.41) is 3.48. The number of nitrogens with one attached hydrogen (secondary N) is 1. The maximum Gasteiger partial charge on any atom is 0.340 e. The second-order valence-electron chi connectivity index (χ2n) is 9.43. The van der Waals surface area contributed by atoms with Crippen LogP contribution in [0, 0.1) is 13.0 Å². The highest BCUT2D eigenvalue weighted by Crippen LogP contribution is 2.57. The summed E-state index contributed by atoms with van der Waals surface area (Å²) < 4.78 is 12.9. The van der Waals surface area contributed by atoms with Crippen LogP contribution in [-0.2, 0) is 10.3 Å². The lowest BCUT2D eigenvalue weighted by atomic mass is 9.77. The number of hydrogen-bond donors (Lipinski definition) is 1. The maximum atomic E-state index is 13.3. The molecule has 1 aliphatic carbocycles. The van der Waals surface area contributed by atoms with Crippen LogP contribution in [0.25, 0.3) is 5.70 Å². The van der Waals surface area contributed by atoms with Crippen molar-refractivity contribution in [1.29, 1.82) is 0 Å². The molecule has 1 spiro atoms. The number of benzene rings is 3. The molecule has 0 bridgehead atoms. The lowest BCUT2D eigenvalue weighted by Crippen LogP contribution is -2.33. The lowest BCUT2D eigenvalue weighted by Gasteiger charge is -2.37. The molecule has 2 aliphatic heterocycles. The number of aryl methyl sites for hydroxylation is 1. The van der Waals surface area contributed by atoms with Gasteiger partial charge in [-0.05, 0) is 73.2 Å². The predicted octanol–water partition coefficient (Wildman–Crippen LogP) is 7.55. The minimum atomic E-state index is -1.23. The molecule has 0 radical (unpaired) electrons. The van der Waals surface area contributed by atoms with Crippen molar-refractivity contribution in [2.24, 2.45) is 4.99 Å². The van der Waals surface area contributed by atoms with Gasteiger partial charge in [-0.3, -0.25) is 0 Å². The molecule has 1 N–H and O–H groups in total. The second kappa shape index (κ2) is 10.7. The van der Waals surface area contributed by atoms with Crippen molar-refractivity contribution < 1.29 is 14.3 Å². The fraction of sp³-hybridized carbons (Fsp3) is 0.0541. The Labute approximate surface area is 243 Å². The zero-order valence-corrected chi connectivity index (χ0v) is 22.6. The van der Waals surface area contributed by atoms with Gasteiger partial charge in [0.05, 0.1) is 17.7 Å². The third kappa shape index (κ3) is 4.39. The number of allylic oxidation sites excluding steroid dienone is 5. The molecular formula is C37H21N2O3+. The summed E-state index contributed by atoms with van der Waals surface area (Å²) >= 11 is 0. The van der Waals surface area contributed by atoms with Gasteiger partial charge in [0, 0.05) is 45.6 Å². The molecule has 5 heteroatoms. The predicted molar refractivity (Wildman–Crippen MR) is 161 cm³/mol. The van der Waals surface area contributed by atoms with E-state index in [-0.39, 0.29) is 0 Å². The van der Waals surface area contributed by atoms with Crippen LogP contribution in [0.3, 0.4) is 0 Å². The minimum Gasteiger partial charge on any atom is -0.456 e. The van der Waals surface area contributed by atoms with E-state index in [1.165, 1.54) is 0 Å². The Morgan fingerprint density at radius 2 is 1.81 bits per heavy atom. The van der Waals surface area contributed by atoms with Crippen molar-refractivity contribution in [3.8, 4) is 11.5 Å². The molecule has 3 aromatic rings. The van der Waals surface area contributed by atoms with Gasteiger partial charge in [0.15, 0.2) is 11.3 Å². The van der Waals surface area contributed by atoms with E-state index in [0.29, 0.717) is 39.4 Å². The quantitative estimate of drug-likeness (QED) is 0.160. The Kier molecular flexibility index (Phi) is 6.63. The number of aliphatic imine (C=N–C) groups is 1. The molecule has 0 saturated carbocycles. The average Bonchev–Trinajstić information content (AvgIpc) is 3.30. The number of hydrogen-bond acceptors (Lipinski definition) is 5. The van der Waals surface area contributed by atoms with E-state index in [2.05, 4.69) is 69.8 Å². The van der Waals surface area contributed by atoms with Crippen LogP contribution in [-0.4, -0.2) is 11.8 Å². The van der Waals surface area contributed by atoms with Crippen molar-refractivity contribution in [3.05, 3.63) is 172 Å². The third-order valence-corrected chi connectivity index (χ3v) is 6.97. The Bertz CT molecular complexity index is 2080. The Balaban J connectivity index is 1.58. The molecule has 6 rings (SSSR count). The van der Waals surface area contributed by atoms with Crippen LogP contribution in [0.5, 0.6) is 11.5 Å². The summed E-state index contributed by atoms with van der Waals surface area (Å²) in [6.45, 7) is 8.99. The summed E-state index contributed by atoms with van der Waals surface area (Å²) in [6, 6.07) is 16.9. The zero-order valence-electron chi connectivity index (χ0n) is 22.6. The van der Waals surface area contributed by atoms with Gasteiger partial charge in [-0.15, -0.1) is 0 Å². The molecule has 196 valence electrons. The number of ether oxygens (including phenoxy) is 2. The maximum absolute atomic E-state index is 13.3. The van der Waals surface area contributed by atoms with Crippen molar-refractivity contribution in [2.75, 3.05) is 5.32 Å². The molecule has 5 nitrogen and oxygen atoms in total. The van der Waals surface area contributed by atoms with Crippen molar-refractivity contribution >= 4 is 23.2 Å². The van der Waals surface area contributed by atoms with E-state index in [0.717, 1.165) is 22.5 Å². The fourth-order valence-corrected chi connectivity index (χ4v) is 5.15. The van der Waals surface area contributed by atoms with Gasteiger partial charge < -0.3 is 14.8 Å². The number of nitrogens with zero attached hydrogens (tertiary/aromatic N) is 1. The van der Waals surface area contributed by atoms with Crippen LogP contribution in [0.2, 0.25) is 0 Å². The minimum absolute atomic E-state index is 0.385. The molecule has 0 amide bonds. The standard InChI is InChI=1S/C37H21N2O3/c1-4-6-13-21-38-32(18-7-5-2)26-19-20-30-35(23-26)41-34-22-25(3)33(39-27-14-9-8-10-15-27)24-31(34)37(30)29-17-12-11-16-28(29)36(40)42-37/h9-12,14-17,19-20,22-24,39H,1-2H2,3H3/q+1. The summed E-state index contributed by atoms with van der Waals surface area (Å²) in [5.41, 5.74) is 21.0. The number of anilines is 1. The van der Waals surface area contributed by atoms with Crippen LogP contribution in [0.4, 0.5) is 5.69 Å². The third-order valence-electron chi connectivity index (χ3n) is 6.97. The van der Waals surface area contributed by atoms with Crippen molar-refractivity contribution in [1.82, 2.24) is 0 Å². The average molecular weight is 542 g/mol. The van der Waals surface area contributed by atoms with Gasteiger partial charge in [0.25, 0.3) is 0 Å². The Hall–Kier alpha value is -6.27. The largest absolute Gasteiger partial charge is 0.456 e.